The van der Waals surface area contributed by atoms with Crippen LogP contribution in [0, 0.1) is 0 Å². The number of hydrogen-bond acceptors (Lipinski definition) is 3. The standard InChI is InChI=1S/C13H12O2S/c14-12(13-7-4-8-16-13)10-15-9-11-5-2-1-3-6-11/h1-8H,9-10H2. The first kappa shape index (κ1) is 11.0. The van der Waals surface area contributed by atoms with Crippen molar-refractivity contribution in [2.45, 2.75) is 6.61 Å². The highest BCUT2D eigenvalue weighted by Gasteiger charge is 2.06. The first-order chi connectivity index (χ1) is 7.86. The summed E-state index contributed by atoms with van der Waals surface area (Å²) in [6, 6.07) is 13.5. The summed E-state index contributed by atoms with van der Waals surface area (Å²) in [6.07, 6.45) is 0. The van der Waals surface area contributed by atoms with Crippen LogP contribution in [-0.4, -0.2) is 12.4 Å². The first-order valence-electron chi connectivity index (χ1n) is 5.04. The third-order valence-electron chi connectivity index (χ3n) is 2.14. The van der Waals surface area contributed by atoms with Crippen molar-refractivity contribution >= 4 is 17.1 Å². The molecular weight excluding hydrogens is 220 g/mol. The summed E-state index contributed by atoms with van der Waals surface area (Å²) >= 11 is 1.45. The fourth-order valence-corrected chi connectivity index (χ4v) is 2.00. The van der Waals surface area contributed by atoms with Gasteiger partial charge in [-0.05, 0) is 17.0 Å². The molecule has 0 fully saturated rings. The lowest BCUT2D eigenvalue weighted by molar-refractivity contribution is 0.0730. The van der Waals surface area contributed by atoms with E-state index < -0.39 is 0 Å². The Balaban J connectivity index is 1.79. The Morgan fingerprint density at radius 2 is 1.94 bits per heavy atom. The number of benzene rings is 1. The van der Waals surface area contributed by atoms with Gasteiger partial charge in [-0.25, -0.2) is 0 Å². The molecule has 0 saturated heterocycles. The van der Waals surface area contributed by atoms with Gasteiger partial charge in [-0.1, -0.05) is 36.4 Å². The molecule has 0 atom stereocenters. The quantitative estimate of drug-likeness (QED) is 0.740. The zero-order valence-corrected chi connectivity index (χ0v) is 9.57. The Kier molecular flexibility index (Phi) is 3.86. The van der Waals surface area contributed by atoms with Gasteiger partial charge in [0.1, 0.15) is 6.61 Å². The highest BCUT2D eigenvalue weighted by molar-refractivity contribution is 7.12. The molecule has 2 nitrogen and oxygen atoms in total. The van der Waals surface area contributed by atoms with E-state index in [1.165, 1.54) is 11.3 Å². The maximum Gasteiger partial charge on any atom is 0.198 e. The van der Waals surface area contributed by atoms with Gasteiger partial charge in [0.25, 0.3) is 0 Å². The van der Waals surface area contributed by atoms with E-state index in [1.807, 2.05) is 47.8 Å². The minimum Gasteiger partial charge on any atom is -0.369 e. The highest BCUT2D eigenvalue weighted by Crippen LogP contribution is 2.10. The molecule has 0 radical (unpaired) electrons. The number of ketones is 1. The number of ether oxygens (including phenoxy) is 1. The van der Waals surface area contributed by atoms with E-state index in [4.69, 9.17) is 4.74 Å². The van der Waals surface area contributed by atoms with Crippen molar-refractivity contribution in [2.75, 3.05) is 6.61 Å². The highest BCUT2D eigenvalue weighted by atomic mass is 32.1. The van der Waals surface area contributed by atoms with Crippen molar-refractivity contribution in [1.82, 2.24) is 0 Å². The fraction of sp³-hybridized carbons (Fsp3) is 0.154. The molecule has 0 N–H and O–H groups in total. The molecule has 0 aliphatic carbocycles. The van der Waals surface area contributed by atoms with Crippen LogP contribution in [0.2, 0.25) is 0 Å². The van der Waals surface area contributed by atoms with Crippen molar-refractivity contribution in [1.29, 1.82) is 0 Å². The minimum atomic E-state index is 0.0472. The van der Waals surface area contributed by atoms with Gasteiger partial charge < -0.3 is 4.74 Å². The summed E-state index contributed by atoms with van der Waals surface area (Å²) in [5, 5.41) is 1.89. The average molecular weight is 232 g/mol. The molecule has 1 heterocycles. The van der Waals surface area contributed by atoms with E-state index in [0.29, 0.717) is 6.61 Å². The molecule has 16 heavy (non-hydrogen) atoms. The molecule has 0 spiro atoms. The predicted molar refractivity (Wildman–Crippen MR) is 64.7 cm³/mol. The van der Waals surface area contributed by atoms with E-state index in [9.17, 15) is 4.79 Å². The molecule has 3 heteroatoms. The number of hydrogen-bond donors (Lipinski definition) is 0. The summed E-state index contributed by atoms with van der Waals surface area (Å²) in [7, 11) is 0. The molecule has 82 valence electrons. The van der Waals surface area contributed by atoms with Crippen LogP contribution in [0.4, 0.5) is 0 Å². The van der Waals surface area contributed by atoms with Crippen molar-refractivity contribution < 1.29 is 9.53 Å². The Bertz CT molecular complexity index is 434. The third kappa shape index (κ3) is 3.02. The largest absolute Gasteiger partial charge is 0.369 e. The maximum atomic E-state index is 11.6. The van der Waals surface area contributed by atoms with Gasteiger partial charge in [0, 0.05) is 0 Å². The van der Waals surface area contributed by atoms with Gasteiger partial charge in [0.2, 0.25) is 0 Å². The summed E-state index contributed by atoms with van der Waals surface area (Å²) in [6.45, 7) is 0.632. The Hall–Kier alpha value is -1.45. The van der Waals surface area contributed by atoms with Crippen molar-refractivity contribution in [3.8, 4) is 0 Å². The molecule has 0 aliphatic heterocycles. The fourth-order valence-electron chi connectivity index (χ4n) is 1.34. The molecule has 0 unspecified atom stereocenters. The van der Waals surface area contributed by atoms with E-state index in [2.05, 4.69) is 0 Å². The number of thiophene rings is 1. The predicted octanol–water partition coefficient (Wildman–Crippen LogP) is 3.15. The summed E-state index contributed by atoms with van der Waals surface area (Å²) in [4.78, 5) is 12.3. The van der Waals surface area contributed by atoms with E-state index >= 15 is 0 Å². The van der Waals surface area contributed by atoms with Gasteiger partial charge in [-0.3, -0.25) is 4.79 Å². The SMILES string of the molecule is O=C(COCc1ccccc1)c1cccs1. The lowest BCUT2D eigenvalue weighted by atomic mass is 10.2. The molecule has 0 aliphatic rings. The van der Waals surface area contributed by atoms with Crippen molar-refractivity contribution in [3.05, 3.63) is 58.3 Å². The van der Waals surface area contributed by atoms with Crippen LogP contribution in [0.25, 0.3) is 0 Å². The Morgan fingerprint density at radius 1 is 1.12 bits per heavy atom. The number of carbonyl (C=O) groups excluding carboxylic acids is 1. The molecule has 0 bridgehead atoms. The maximum absolute atomic E-state index is 11.6. The van der Waals surface area contributed by atoms with Crippen LogP contribution < -0.4 is 0 Å². The van der Waals surface area contributed by atoms with Crippen molar-refractivity contribution in [2.24, 2.45) is 0 Å². The van der Waals surface area contributed by atoms with Crippen LogP contribution in [0.5, 0.6) is 0 Å². The second-order valence-corrected chi connectivity index (χ2v) is 4.33. The van der Waals surface area contributed by atoms with Gasteiger partial charge in [-0.2, -0.15) is 0 Å². The van der Waals surface area contributed by atoms with Gasteiger partial charge in [0.05, 0.1) is 11.5 Å². The minimum absolute atomic E-state index is 0.0472. The normalized spacial score (nSPS) is 10.2. The number of rotatable bonds is 5. The smallest absolute Gasteiger partial charge is 0.198 e. The van der Waals surface area contributed by atoms with E-state index in [-0.39, 0.29) is 12.4 Å². The van der Waals surface area contributed by atoms with Gasteiger partial charge in [-0.15, -0.1) is 11.3 Å². The zero-order valence-electron chi connectivity index (χ0n) is 8.76. The lowest BCUT2D eigenvalue weighted by Gasteiger charge is -2.02. The molecule has 2 rings (SSSR count). The topological polar surface area (TPSA) is 26.3 Å². The Morgan fingerprint density at radius 3 is 2.62 bits per heavy atom. The third-order valence-corrected chi connectivity index (χ3v) is 3.05. The second kappa shape index (κ2) is 5.58. The first-order valence-corrected chi connectivity index (χ1v) is 5.92. The molecule has 0 amide bonds. The number of Topliss-reactive ketones (excluding diaryl/α,β-unsaturated/α-hetero) is 1. The lowest BCUT2D eigenvalue weighted by Crippen LogP contribution is -2.07. The summed E-state index contributed by atoms with van der Waals surface area (Å²) in [5.41, 5.74) is 1.08. The van der Waals surface area contributed by atoms with Crippen molar-refractivity contribution in [3.63, 3.8) is 0 Å². The van der Waals surface area contributed by atoms with Gasteiger partial charge >= 0.3 is 0 Å². The van der Waals surface area contributed by atoms with Crippen LogP contribution in [0.3, 0.4) is 0 Å². The van der Waals surface area contributed by atoms with Crippen LogP contribution in [-0.2, 0) is 11.3 Å². The number of carbonyl (C=O) groups is 1. The van der Waals surface area contributed by atoms with Crippen LogP contribution >= 0.6 is 11.3 Å². The molecular formula is C13H12O2S. The average Bonchev–Trinajstić information content (AvgIpc) is 2.84. The van der Waals surface area contributed by atoms with Crippen LogP contribution in [0.1, 0.15) is 15.2 Å². The van der Waals surface area contributed by atoms with Crippen LogP contribution in [0.15, 0.2) is 47.8 Å². The second-order valence-electron chi connectivity index (χ2n) is 3.38. The molecule has 2 aromatic rings. The monoisotopic (exact) mass is 232 g/mol. The zero-order chi connectivity index (χ0) is 11.2. The molecule has 0 saturated carbocycles. The van der Waals surface area contributed by atoms with E-state index in [0.717, 1.165) is 10.4 Å². The molecule has 1 aromatic heterocycles. The molecule has 1 aromatic carbocycles. The van der Waals surface area contributed by atoms with Gasteiger partial charge in [0.15, 0.2) is 5.78 Å². The van der Waals surface area contributed by atoms with E-state index in [1.54, 1.807) is 0 Å². The summed E-state index contributed by atoms with van der Waals surface area (Å²) in [5.74, 6) is 0.0472. The summed E-state index contributed by atoms with van der Waals surface area (Å²) < 4.78 is 5.36. The Labute approximate surface area is 98.5 Å².